The average Bonchev–Trinajstić information content (AvgIpc) is 2.65. The van der Waals surface area contributed by atoms with E-state index in [1.165, 1.54) is 4.90 Å². The minimum absolute atomic E-state index is 0.0617. The highest BCUT2D eigenvalue weighted by atomic mass is 32.1. The quantitative estimate of drug-likeness (QED) is 0.725. The molecule has 0 unspecified atom stereocenters. The average molecular weight is 255 g/mol. The summed E-state index contributed by atoms with van der Waals surface area (Å²) in [6.07, 6.45) is 0.766. The molecule has 1 aliphatic heterocycles. The molecule has 1 fully saturated rings. The molecule has 2 heterocycles. The molecule has 2 N–H and O–H groups in total. The van der Waals surface area contributed by atoms with Crippen LogP contribution in [0.25, 0.3) is 0 Å². The Kier molecular flexibility index (Phi) is 3.23. The van der Waals surface area contributed by atoms with Crippen molar-refractivity contribution in [2.75, 3.05) is 32.4 Å². The van der Waals surface area contributed by atoms with Gasteiger partial charge in [0.05, 0.1) is 0 Å². The van der Waals surface area contributed by atoms with Crippen molar-refractivity contribution in [3.8, 4) is 0 Å². The molecule has 8 heteroatoms. The molecule has 0 bridgehead atoms. The fourth-order valence-electron chi connectivity index (χ4n) is 1.62. The van der Waals surface area contributed by atoms with Crippen molar-refractivity contribution in [1.29, 1.82) is 0 Å². The van der Waals surface area contributed by atoms with Gasteiger partial charge in [0.2, 0.25) is 16.0 Å². The van der Waals surface area contributed by atoms with Crippen molar-refractivity contribution in [3.63, 3.8) is 0 Å². The van der Waals surface area contributed by atoms with Crippen LogP contribution in [0.2, 0.25) is 0 Å². The second-order valence-electron chi connectivity index (χ2n) is 3.84. The zero-order valence-corrected chi connectivity index (χ0v) is 10.2. The van der Waals surface area contributed by atoms with E-state index in [-0.39, 0.29) is 28.5 Å². The SMILES string of the molecule is CN1CCCN(C(=O)c2nnc(N)s2)CC1=O. The molecular formula is C9H13N5O2S. The smallest absolute Gasteiger partial charge is 0.285 e. The Labute approximate surface area is 102 Å². The number of nitrogen functional groups attached to an aromatic ring is 1. The van der Waals surface area contributed by atoms with Crippen LogP contribution < -0.4 is 5.73 Å². The molecule has 1 aromatic heterocycles. The third kappa shape index (κ3) is 2.52. The molecule has 0 aliphatic carbocycles. The summed E-state index contributed by atoms with van der Waals surface area (Å²) in [6.45, 7) is 1.31. The third-order valence-electron chi connectivity index (χ3n) is 2.58. The predicted molar refractivity (Wildman–Crippen MR) is 62.5 cm³/mol. The maximum absolute atomic E-state index is 12.0. The van der Waals surface area contributed by atoms with Gasteiger partial charge < -0.3 is 15.5 Å². The summed E-state index contributed by atoms with van der Waals surface area (Å²) in [7, 11) is 1.74. The van der Waals surface area contributed by atoms with Crippen LogP contribution in [0.4, 0.5) is 5.13 Å². The van der Waals surface area contributed by atoms with Gasteiger partial charge in [-0.25, -0.2) is 0 Å². The number of hydrogen-bond donors (Lipinski definition) is 1. The maximum atomic E-state index is 12.0. The van der Waals surface area contributed by atoms with Crippen LogP contribution in [0, 0.1) is 0 Å². The molecule has 17 heavy (non-hydrogen) atoms. The minimum Gasteiger partial charge on any atom is -0.374 e. The van der Waals surface area contributed by atoms with Crippen molar-refractivity contribution >= 4 is 28.3 Å². The molecule has 0 saturated carbocycles. The van der Waals surface area contributed by atoms with Gasteiger partial charge in [0.15, 0.2) is 0 Å². The Morgan fingerprint density at radius 2 is 2.18 bits per heavy atom. The van der Waals surface area contributed by atoms with Gasteiger partial charge in [-0.05, 0) is 6.42 Å². The number of carbonyl (C=O) groups is 2. The summed E-state index contributed by atoms with van der Waals surface area (Å²) in [5, 5.41) is 7.78. The van der Waals surface area contributed by atoms with Gasteiger partial charge >= 0.3 is 0 Å². The van der Waals surface area contributed by atoms with Gasteiger partial charge in [0.1, 0.15) is 6.54 Å². The molecule has 1 aromatic rings. The zero-order chi connectivity index (χ0) is 12.4. The lowest BCUT2D eigenvalue weighted by atomic mass is 10.4. The molecule has 92 valence electrons. The molecule has 0 atom stereocenters. The standard InChI is InChI=1S/C9H13N5O2S/c1-13-3-2-4-14(5-6(13)15)8(16)7-11-12-9(10)17-7/h2-5H2,1H3,(H2,10,12). The molecule has 0 aromatic carbocycles. The fourth-order valence-corrected chi connectivity index (χ4v) is 2.19. The molecule has 7 nitrogen and oxygen atoms in total. The first-order valence-electron chi connectivity index (χ1n) is 5.20. The van der Waals surface area contributed by atoms with E-state index in [1.807, 2.05) is 0 Å². The molecule has 1 saturated heterocycles. The monoisotopic (exact) mass is 255 g/mol. The molecule has 0 spiro atoms. The van der Waals surface area contributed by atoms with E-state index in [9.17, 15) is 9.59 Å². The predicted octanol–water partition coefficient (Wildman–Crippen LogP) is -0.575. The number of likely N-dealkylation sites (N-methyl/N-ethyl adjacent to an activating group) is 1. The van der Waals surface area contributed by atoms with E-state index in [1.54, 1.807) is 11.9 Å². The Morgan fingerprint density at radius 1 is 1.41 bits per heavy atom. The number of aromatic nitrogens is 2. The first-order chi connectivity index (χ1) is 8.08. The van der Waals surface area contributed by atoms with Crippen LogP contribution >= 0.6 is 11.3 Å². The van der Waals surface area contributed by atoms with E-state index in [0.717, 1.165) is 17.8 Å². The second kappa shape index (κ2) is 4.66. The Hall–Kier alpha value is -1.70. The van der Waals surface area contributed by atoms with Crippen LogP contribution in [0.1, 0.15) is 16.2 Å². The van der Waals surface area contributed by atoms with Crippen molar-refractivity contribution in [1.82, 2.24) is 20.0 Å². The Balaban J connectivity index is 2.11. The number of hydrogen-bond acceptors (Lipinski definition) is 6. The normalized spacial score (nSPS) is 17.1. The number of nitrogens with two attached hydrogens (primary N) is 1. The lowest BCUT2D eigenvalue weighted by Gasteiger charge is -2.17. The van der Waals surface area contributed by atoms with E-state index in [4.69, 9.17) is 5.73 Å². The largest absolute Gasteiger partial charge is 0.374 e. The molecule has 0 radical (unpaired) electrons. The fraction of sp³-hybridized carbons (Fsp3) is 0.556. The van der Waals surface area contributed by atoms with E-state index in [0.29, 0.717) is 13.1 Å². The van der Waals surface area contributed by atoms with Gasteiger partial charge in [-0.1, -0.05) is 11.3 Å². The number of nitrogens with zero attached hydrogens (tertiary/aromatic N) is 4. The highest BCUT2D eigenvalue weighted by molar-refractivity contribution is 7.16. The summed E-state index contributed by atoms with van der Waals surface area (Å²) in [4.78, 5) is 26.8. The lowest BCUT2D eigenvalue weighted by Crippen LogP contribution is -2.38. The third-order valence-corrected chi connectivity index (χ3v) is 3.32. The number of anilines is 1. The molecule has 1 aliphatic rings. The lowest BCUT2D eigenvalue weighted by molar-refractivity contribution is -0.129. The van der Waals surface area contributed by atoms with E-state index >= 15 is 0 Å². The first kappa shape index (κ1) is 11.8. The van der Waals surface area contributed by atoms with Crippen LogP contribution in [-0.4, -0.2) is 58.5 Å². The molecular weight excluding hydrogens is 242 g/mol. The topological polar surface area (TPSA) is 92.4 Å². The van der Waals surface area contributed by atoms with Gasteiger partial charge in [-0.15, -0.1) is 10.2 Å². The zero-order valence-electron chi connectivity index (χ0n) is 9.42. The van der Waals surface area contributed by atoms with Crippen LogP contribution in [-0.2, 0) is 4.79 Å². The van der Waals surface area contributed by atoms with Gasteiger partial charge in [-0.3, -0.25) is 9.59 Å². The molecule has 2 rings (SSSR count). The van der Waals surface area contributed by atoms with Gasteiger partial charge in [0, 0.05) is 20.1 Å². The first-order valence-corrected chi connectivity index (χ1v) is 6.02. The summed E-state index contributed by atoms with van der Waals surface area (Å²) >= 11 is 1.04. The molecule has 2 amide bonds. The van der Waals surface area contributed by atoms with E-state index in [2.05, 4.69) is 10.2 Å². The van der Waals surface area contributed by atoms with Crippen molar-refractivity contribution in [2.45, 2.75) is 6.42 Å². The summed E-state index contributed by atoms with van der Waals surface area (Å²) in [5.41, 5.74) is 5.43. The van der Waals surface area contributed by atoms with Crippen molar-refractivity contribution in [3.05, 3.63) is 5.01 Å². The summed E-state index contributed by atoms with van der Waals surface area (Å²) in [5.74, 6) is -0.337. The summed E-state index contributed by atoms with van der Waals surface area (Å²) < 4.78 is 0. The minimum atomic E-state index is -0.275. The van der Waals surface area contributed by atoms with Crippen LogP contribution in [0.5, 0.6) is 0 Å². The number of amides is 2. The van der Waals surface area contributed by atoms with Crippen LogP contribution in [0.15, 0.2) is 0 Å². The van der Waals surface area contributed by atoms with Crippen molar-refractivity contribution in [2.24, 2.45) is 0 Å². The highest BCUT2D eigenvalue weighted by Crippen LogP contribution is 2.14. The second-order valence-corrected chi connectivity index (χ2v) is 4.85. The highest BCUT2D eigenvalue weighted by Gasteiger charge is 2.25. The van der Waals surface area contributed by atoms with Crippen LogP contribution in [0.3, 0.4) is 0 Å². The summed E-state index contributed by atoms with van der Waals surface area (Å²) in [6, 6.07) is 0. The maximum Gasteiger partial charge on any atom is 0.285 e. The van der Waals surface area contributed by atoms with Gasteiger partial charge in [0.25, 0.3) is 5.91 Å². The van der Waals surface area contributed by atoms with Crippen molar-refractivity contribution < 1.29 is 9.59 Å². The Bertz CT molecular complexity index is 446. The number of rotatable bonds is 1. The van der Waals surface area contributed by atoms with Gasteiger partial charge in [-0.2, -0.15) is 0 Å². The Morgan fingerprint density at radius 3 is 2.82 bits per heavy atom. The number of carbonyl (C=O) groups excluding carboxylic acids is 2. The van der Waals surface area contributed by atoms with E-state index < -0.39 is 0 Å².